The molecule has 35 heavy (non-hydrogen) atoms. The number of allylic oxidation sites excluding steroid dienone is 1. The number of imidazole rings is 1. The molecule has 2 amide bonds. The molecule has 0 atom stereocenters. The third-order valence-electron chi connectivity index (χ3n) is 6.06. The molecule has 0 saturated carbocycles. The summed E-state index contributed by atoms with van der Waals surface area (Å²) >= 11 is 0. The minimum Gasteiger partial charge on any atom is -0.400 e. The third-order valence-corrected chi connectivity index (χ3v) is 6.06. The highest BCUT2D eigenvalue weighted by Crippen LogP contribution is 2.19. The standard InChI is InChI=1S/C26H31N7O2/c1-17(27)23(24(34)31-26-30-21-7-4-5-8-22(21)32(26)3)29-18(2)19-9-11-20(12-10-19)25(35)33-15-6-13-28-14-16-33/h4-5,7-12,28H,6,13-16,27H2,1-3H3,(H,30,31,34)/b23-17+,29-18+. The number of aromatic nitrogens is 2. The Balaban J connectivity index is 1.51. The Morgan fingerprint density at radius 2 is 1.74 bits per heavy atom. The van der Waals surface area contributed by atoms with Crippen LogP contribution in [0, 0.1) is 0 Å². The Kier molecular flexibility index (Phi) is 7.26. The molecule has 0 bridgehead atoms. The van der Waals surface area contributed by atoms with Crippen LogP contribution in [0.25, 0.3) is 11.0 Å². The van der Waals surface area contributed by atoms with Crippen LogP contribution < -0.4 is 16.4 Å². The zero-order chi connectivity index (χ0) is 24.9. The maximum absolute atomic E-state index is 13.0. The number of carbonyl (C=O) groups is 2. The number of fused-ring (bicyclic) bond motifs is 1. The first kappa shape index (κ1) is 24.2. The molecule has 3 aromatic rings. The molecule has 1 aliphatic rings. The number of aryl methyl sites for hydroxylation is 1. The Hall–Kier alpha value is -3.98. The summed E-state index contributed by atoms with van der Waals surface area (Å²) in [7, 11) is 1.84. The molecule has 0 unspecified atom stereocenters. The molecule has 1 saturated heterocycles. The number of benzene rings is 2. The predicted molar refractivity (Wildman–Crippen MR) is 138 cm³/mol. The normalized spacial score (nSPS) is 15.5. The van der Waals surface area contributed by atoms with Crippen molar-refractivity contribution in [2.24, 2.45) is 17.8 Å². The van der Waals surface area contributed by atoms with Gasteiger partial charge in [0.05, 0.1) is 11.0 Å². The van der Waals surface area contributed by atoms with Gasteiger partial charge in [-0.1, -0.05) is 24.3 Å². The van der Waals surface area contributed by atoms with Gasteiger partial charge in [-0.15, -0.1) is 0 Å². The summed E-state index contributed by atoms with van der Waals surface area (Å²) in [5, 5.41) is 6.12. The molecule has 1 aromatic heterocycles. The molecule has 1 fully saturated rings. The van der Waals surface area contributed by atoms with Gasteiger partial charge in [-0.3, -0.25) is 14.9 Å². The quantitative estimate of drug-likeness (QED) is 0.389. The molecule has 4 N–H and O–H groups in total. The van der Waals surface area contributed by atoms with Crippen LogP contribution in [0.2, 0.25) is 0 Å². The Bertz CT molecular complexity index is 1290. The van der Waals surface area contributed by atoms with E-state index in [0.717, 1.165) is 42.7 Å². The first-order valence-electron chi connectivity index (χ1n) is 11.7. The van der Waals surface area contributed by atoms with Crippen LogP contribution in [0.15, 0.2) is 64.9 Å². The minimum absolute atomic E-state index is 0.0232. The summed E-state index contributed by atoms with van der Waals surface area (Å²) in [5.41, 5.74) is 10.2. The number of hydrogen-bond donors (Lipinski definition) is 3. The van der Waals surface area contributed by atoms with E-state index >= 15 is 0 Å². The van der Waals surface area contributed by atoms with E-state index < -0.39 is 5.91 Å². The number of nitrogens with two attached hydrogens (primary N) is 1. The molecule has 2 heterocycles. The highest BCUT2D eigenvalue weighted by atomic mass is 16.2. The molecule has 0 spiro atoms. The van der Waals surface area contributed by atoms with Crippen molar-refractivity contribution in [3.63, 3.8) is 0 Å². The van der Waals surface area contributed by atoms with Crippen LogP contribution in [0.3, 0.4) is 0 Å². The number of hydrogen-bond acceptors (Lipinski definition) is 6. The van der Waals surface area contributed by atoms with E-state index in [1.165, 1.54) is 0 Å². The van der Waals surface area contributed by atoms with E-state index in [0.29, 0.717) is 29.5 Å². The average Bonchev–Trinajstić information content (AvgIpc) is 3.02. The molecular weight excluding hydrogens is 442 g/mol. The van der Waals surface area contributed by atoms with Crippen LogP contribution in [-0.2, 0) is 11.8 Å². The monoisotopic (exact) mass is 473 g/mol. The lowest BCUT2D eigenvalue weighted by Gasteiger charge is -2.20. The van der Waals surface area contributed by atoms with Gasteiger partial charge >= 0.3 is 0 Å². The molecule has 0 aliphatic carbocycles. The Morgan fingerprint density at radius 1 is 1.03 bits per heavy atom. The highest BCUT2D eigenvalue weighted by molar-refractivity contribution is 6.08. The summed E-state index contributed by atoms with van der Waals surface area (Å²) < 4.78 is 1.81. The molecule has 9 heteroatoms. The first-order chi connectivity index (χ1) is 16.8. The predicted octanol–water partition coefficient (Wildman–Crippen LogP) is 2.65. The summed E-state index contributed by atoms with van der Waals surface area (Å²) in [6.07, 6.45) is 0.944. The second-order valence-electron chi connectivity index (χ2n) is 8.64. The van der Waals surface area contributed by atoms with Crippen molar-refractivity contribution in [3.05, 3.63) is 71.1 Å². The molecular formula is C26H31N7O2. The summed E-state index contributed by atoms with van der Waals surface area (Å²) in [4.78, 5) is 36.7. The number of amides is 2. The number of carbonyl (C=O) groups excluding carboxylic acids is 2. The van der Waals surface area contributed by atoms with Gasteiger partial charge in [0.2, 0.25) is 5.95 Å². The van der Waals surface area contributed by atoms with Gasteiger partial charge in [0.25, 0.3) is 11.8 Å². The SMILES string of the molecule is C/C(=N\C(C(=O)Nc1nc2ccccc2n1C)=C(/C)N)c1ccc(C(=O)N2CCCNCC2)cc1. The van der Waals surface area contributed by atoms with Gasteiger partial charge in [-0.2, -0.15) is 0 Å². The van der Waals surface area contributed by atoms with Crippen molar-refractivity contribution in [2.45, 2.75) is 20.3 Å². The lowest BCUT2D eigenvalue weighted by molar-refractivity contribution is -0.113. The second-order valence-corrected chi connectivity index (χ2v) is 8.64. The molecule has 1 aliphatic heterocycles. The van der Waals surface area contributed by atoms with Gasteiger partial charge in [-0.25, -0.2) is 9.98 Å². The third kappa shape index (κ3) is 5.41. The smallest absolute Gasteiger partial charge is 0.278 e. The maximum atomic E-state index is 13.0. The van der Waals surface area contributed by atoms with Gasteiger partial charge < -0.3 is 20.5 Å². The van der Waals surface area contributed by atoms with Gasteiger partial charge in [-0.05, 0) is 56.6 Å². The van der Waals surface area contributed by atoms with E-state index in [9.17, 15) is 9.59 Å². The zero-order valence-corrected chi connectivity index (χ0v) is 20.3. The van der Waals surface area contributed by atoms with E-state index in [-0.39, 0.29) is 11.6 Å². The molecule has 4 rings (SSSR count). The second kappa shape index (κ2) is 10.5. The number of nitrogens with one attached hydrogen (secondary N) is 2. The minimum atomic E-state index is -0.440. The lowest BCUT2D eigenvalue weighted by atomic mass is 10.1. The molecule has 182 valence electrons. The van der Waals surface area contributed by atoms with E-state index in [4.69, 9.17) is 5.73 Å². The first-order valence-corrected chi connectivity index (χ1v) is 11.7. The van der Waals surface area contributed by atoms with Crippen molar-refractivity contribution in [1.29, 1.82) is 0 Å². The molecule has 2 aromatic carbocycles. The van der Waals surface area contributed by atoms with Crippen LogP contribution in [0.1, 0.15) is 36.2 Å². The van der Waals surface area contributed by atoms with E-state index in [1.54, 1.807) is 19.1 Å². The maximum Gasteiger partial charge on any atom is 0.278 e. The number of para-hydroxylation sites is 2. The topological polar surface area (TPSA) is 118 Å². The molecule has 9 nitrogen and oxygen atoms in total. The van der Waals surface area contributed by atoms with Gasteiger partial charge in [0.15, 0.2) is 0 Å². The van der Waals surface area contributed by atoms with Crippen LogP contribution in [-0.4, -0.2) is 58.2 Å². The highest BCUT2D eigenvalue weighted by Gasteiger charge is 2.18. The molecule has 0 radical (unpaired) electrons. The fourth-order valence-electron chi connectivity index (χ4n) is 4.05. The number of rotatable bonds is 5. The fourth-order valence-corrected chi connectivity index (χ4v) is 4.05. The zero-order valence-electron chi connectivity index (χ0n) is 20.3. The lowest BCUT2D eigenvalue weighted by Crippen LogP contribution is -2.34. The Morgan fingerprint density at radius 3 is 2.46 bits per heavy atom. The van der Waals surface area contributed by atoms with Crippen molar-refractivity contribution >= 4 is 34.5 Å². The van der Waals surface area contributed by atoms with Crippen molar-refractivity contribution < 1.29 is 9.59 Å². The van der Waals surface area contributed by atoms with Crippen molar-refractivity contribution in [2.75, 3.05) is 31.5 Å². The summed E-state index contributed by atoms with van der Waals surface area (Å²) in [6.45, 7) is 6.63. The van der Waals surface area contributed by atoms with Crippen LogP contribution in [0.5, 0.6) is 0 Å². The number of anilines is 1. The van der Waals surface area contributed by atoms with Crippen LogP contribution >= 0.6 is 0 Å². The van der Waals surface area contributed by atoms with E-state index in [1.807, 2.05) is 59.8 Å². The number of nitrogens with zero attached hydrogens (tertiary/aromatic N) is 4. The fraction of sp³-hybridized carbons (Fsp3) is 0.308. The summed E-state index contributed by atoms with van der Waals surface area (Å²) in [6, 6.07) is 14.9. The van der Waals surface area contributed by atoms with Crippen molar-refractivity contribution in [1.82, 2.24) is 19.8 Å². The van der Waals surface area contributed by atoms with Crippen LogP contribution in [0.4, 0.5) is 5.95 Å². The van der Waals surface area contributed by atoms with Crippen molar-refractivity contribution in [3.8, 4) is 0 Å². The number of aliphatic imine (C=N–C) groups is 1. The average molecular weight is 474 g/mol. The van der Waals surface area contributed by atoms with Gasteiger partial charge in [0.1, 0.15) is 5.70 Å². The van der Waals surface area contributed by atoms with E-state index in [2.05, 4.69) is 20.6 Å². The Labute approximate surface area is 204 Å². The van der Waals surface area contributed by atoms with Gasteiger partial charge in [0, 0.05) is 43.7 Å². The summed E-state index contributed by atoms with van der Waals surface area (Å²) in [5.74, 6) is -0.00577. The largest absolute Gasteiger partial charge is 0.400 e.